The van der Waals surface area contributed by atoms with Gasteiger partial charge in [-0.3, -0.25) is 33.6 Å². The van der Waals surface area contributed by atoms with Gasteiger partial charge in [-0.15, -0.1) is 0 Å². The fourth-order valence-electron chi connectivity index (χ4n) is 3.50. The Morgan fingerprint density at radius 3 is 2.60 bits per heavy atom. The van der Waals surface area contributed by atoms with E-state index in [0.29, 0.717) is 31.5 Å². The molecule has 2 heterocycles. The van der Waals surface area contributed by atoms with E-state index in [1.165, 1.54) is 6.07 Å². The second kappa shape index (κ2) is 8.92. The van der Waals surface area contributed by atoms with Crippen LogP contribution in [0.3, 0.4) is 0 Å². The Labute approximate surface area is 174 Å². The highest BCUT2D eigenvalue weighted by Crippen LogP contribution is 2.32. The minimum atomic E-state index is -3.44. The molecule has 10 nitrogen and oxygen atoms in total. The number of benzene rings is 1. The number of hydrogen-bond acceptors (Lipinski definition) is 8. The Bertz CT molecular complexity index is 990. The number of anilines is 1. The summed E-state index contributed by atoms with van der Waals surface area (Å²) in [6, 6.07) is 3.87. The molecule has 1 aromatic carbocycles. The molecule has 0 saturated carbocycles. The quantitative estimate of drug-likeness (QED) is 0.326. The van der Waals surface area contributed by atoms with Gasteiger partial charge in [0.1, 0.15) is 6.04 Å². The lowest BCUT2D eigenvalue weighted by molar-refractivity contribution is -0.136. The molecule has 0 spiro atoms. The van der Waals surface area contributed by atoms with Crippen LogP contribution in [-0.4, -0.2) is 62.4 Å². The molecule has 162 valence electrons. The van der Waals surface area contributed by atoms with Crippen molar-refractivity contribution < 1.29 is 31.8 Å². The number of imide groups is 2. The van der Waals surface area contributed by atoms with Crippen LogP contribution in [-0.2, 0) is 23.9 Å². The SMILES string of the molecule is CS(=O)(=O)OCCCCCNc1cccc2c1C(=O)N(C1CCC(=O)NC1=O)C2=O. The maximum absolute atomic E-state index is 12.9. The third-order valence-electron chi connectivity index (χ3n) is 4.90. The molecule has 1 saturated heterocycles. The monoisotopic (exact) mass is 437 g/mol. The van der Waals surface area contributed by atoms with Crippen molar-refractivity contribution in [3.05, 3.63) is 29.3 Å². The first kappa shape index (κ1) is 21.9. The Morgan fingerprint density at radius 2 is 1.90 bits per heavy atom. The minimum absolute atomic E-state index is 0.0674. The van der Waals surface area contributed by atoms with Gasteiger partial charge in [0.2, 0.25) is 11.8 Å². The molecular formula is C19H23N3O7S. The van der Waals surface area contributed by atoms with Crippen LogP contribution < -0.4 is 10.6 Å². The third-order valence-corrected chi connectivity index (χ3v) is 5.50. The van der Waals surface area contributed by atoms with Crippen LogP contribution in [0.25, 0.3) is 0 Å². The van der Waals surface area contributed by atoms with Crippen LogP contribution in [0.5, 0.6) is 0 Å². The number of hydrogen-bond donors (Lipinski definition) is 2. The van der Waals surface area contributed by atoms with Crippen LogP contribution in [0.4, 0.5) is 5.69 Å². The average Bonchev–Trinajstić information content (AvgIpc) is 2.92. The Morgan fingerprint density at radius 1 is 1.13 bits per heavy atom. The Hall–Kier alpha value is -2.79. The number of nitrogens with one attached hydrogen (secondary N) is 2. The van der Waals surface area contributed by atoms with E-state index in [2.05, 4.69) is 14.8 Å². The predicted octanol–water partition coefficient (Wildman–Crippen LogP) is 0.646. The highest BCUT2D eigenvalue weighted by atomic mass is 32.2. The molecule has 11 heteroatoms. The van der Waals surface area contributed by atoms with E-state index >= 15 is 0 Å². The van der Waals surface area contributed by atoms with Gasteiger partial charge in [-0.2, -0.15) is 8.42 Å². The minimum Gasteiger partial charge on any atom is -0.384 e. The van der Waals surface area contributed by atoms with Crippen LogP contribution in [0, 0.1) is 0 Å². The van der Waals surface area contributed by atoms with Crippen molar-refractivity contribution in [3.63, 3.8) is 0 Å². The Kier molecular flexibility index (Phi) is 6.52. The normalized spacial score (nSPS) is 19.1. The van der Waals surface area contributed by atoms with Crippen molar-refractivity contribution in [2.24, 2.45) is 0 Å². The predicted molar refractivity (Wildman–Crippen MR) is 106 cm³/mol. The van der Waals surface area contributed by atoms with Crippen LogP contribution in [0.1, 0.15) is 52.8 Å². The van der Waals surface area contributed by atoms with E-state index < -0.39 is 39.8 Å². The molecule has 1 atom stereocenters. The average molecular weight is 437 g/mol. The summed E-state index contributed by atoms with van der Waals surface area (Å²) < 4.78 is 26.5. The van der Waals surface area contributed by atoms with E-state index in [4.69, 9.17) is 0 Å². The van der Waals surface area contributed by atoms with Gasteiger partial charge in [-0.25, -0.2) is 0 Å². The van der Waals surface area contributed by atoms with Gasteiger partial charge >= 0.3 is 0 Å². The standard InChI is InChI=1S/C19H23N3O7S/c1-30(27,28)29-11-4-2-3-10-20-13-7-5-6-12-16(13)19(26)22(18(12)25)14-8-9-15(23)21-17(14)24/h5-7,14,20H,2-4,8-11H2,1H3,(H,21,23,24). The highest BCUT2D eigenvalue weighted by molar-refractivity contribution is 7.85. The van der Waals surface area contributed by atoms with E-state index in [1.54, 1.807) is 12.1 Å². The molecule has 0 radical (unpaired) electrons. The van der Waals surface area contributed by atoms with Gasteiger partial charge < -0.3 is 5.32 Å². The second-order valence-corrected chi connectivity index (χ2v) is 8.83. The zero-order chi connectivity index (χ0) is 21.9. The van der Waals surface area contributed by atoms with Gasteiger partial charge in [0, 0.05) is 18.7 Å². The number of unbranched alkanes of at least 4 members (excludes halogenated alkanes) is 2. The van der Waals surface area contributed by atoms with E-state index in [0.717, 1.165) is 11.2 Å². The highest BCUT2D eigenvalue weighted by Gasteiger charge is 2.45. The molecule has 1 unspecified atom stereocenters. The number of fused-ring (bicyclic) bond motifs is 1. The van der Waals surface area contributed by atoms with Crippen molar-refractivity contribution in [3.8, 4) is 0 Å². The smallest absolute Gasteiger partial charge is 0.264 e. The summed E-state index contributed by atoms with van der Waals surface area (Å²) in [5, 5.41) is 5.30. The first-order valence-electron chi connectivity index (χ1n) is 9.62. The van der Waals surface area contributed by atoms with Crippen LogP contribution in [0.15, 0.2) is 18.2 Å². The molecule has 4 amide bonds. The summed E-state index contributed by atoms with van der Waals surface area (Å²) in [6.45, 7) is 0.628. The molecule has 0 aliphatic carbocycles. The zero-order valence-corrected chi connectivity index (χ0v) is 17.3. The lowest BCUT2D eigenvalue weighted by Crippen LogP contribution is -2.54. The summed E-state index contributed by atoms with van der Waals surface area (Å²) in [4.78, 5) is 50.1. The molecule has 0 bridgehead atoms. The number of amides is 4. The van der Waals surface area contributed by atoms with Crippen molar-refractivity contribution in [2.75, 3.05) is 24.7 Å². The molecule has 3 rings (SSSR count). The van der Waals surface area contributed by atoms with E-state index in [1.807, 2.05) is 0 Å². The molecule has 30 heavy (non-hydrogen) atoms. The van der Waals surface area contributed by atoms with Gasteiger partial charge in [0.25, 0.3) is 21.9 Å². The second-order valence-electron chi connectivity index (χ2n) is 7.19. The largest absolute Gasteiger partial charge is 0.384 e. The first-order chi connectivity index (χ1) is 14.2. The van der Waals surface area contributed by atoms with Gasteiger partial charge in [-0.1, -0.05) is 6.07 Å². The topological polar surface area (TPSA) is 139 Å². The summed E-state index contributed by atoms with van der Waals surface area (Å²) in [7, 11) is -3.44. The Balaban J connectivity index is 1.61. The van der Waals surface area contributed by atoms with E-state index in [9.17, 15) is 27.6 Å². The number of carbonyl (C=O) groups excluding carboxylic acids is 4. The fraction of sp³-hybridized carbons (Fsp3) is 0.474. The molecule has 1 fully saturated rings. The van der Waals surface area contributed by atoms with E-state index in [-0.39, 0.29) is 30.6 Å². The van der Waals surface area contributed by atoms with Crippen molar-refractivity contribution in [2.45, 2.75) is 38.1 Å². The molecule has 2 N–H and O–H groups in total. The van der Waals surface area contributed by atoms with Gasteiger partial charge in [0.15, 0.2) is 0 Å². The number of rotatable bonds is 9. The number of nitrogens with zero attached hydrogens (tertiary/aromatic N) is 1. The molecular weight excluding hydrogens is 414 g/mol. The zero-order valence-electron chi connectivity index (χ0n) is 16.5. The van der Waals surface area contributed by atoms with Gasteiger partial charge in [-0.05, 0) is 37.8 Å². The summed E-state index contributed by atoms with van der Waals surface area (Å²) in [5.74, 6) is -2.18. The lowest BCUT2D eigenvalue weighted by Gasteiger charge is -2.27. The van der Waals surface area contributed by atoms with Crippen molar-refractivity contribution in [1.29, 1.82) is 0 Å². The molecule has 0 aromatic heterocycles. The first-order valence-corrected chi connectivity index (χ1v) is 11.4. The van der Waals surface area contributed by atoms with Gasteiger partial charge in [0.05, 0.1) is 24.0 Å². The van der Waals surface area contributed by atoms with Crippen LogP contribution in [0.2, 0.25) is 0 Å². The number of piperidine rings is 1. The molecule has 2 aliphatic heterocycles. The summed E-state index contributed by atoms with van der Waals surface area (Å²) >= 11 is 0. The maximum Gasteiger partial charge on any atom is 0.264 e. The number of carbonyl (C=O) groups is 4. The molecule has 1 aromatic rings. The summed E-state index contributed by atoms with van der Waals surface area (Å²) in [6.07, 6.45) is 3.16. The fourth-order valence-corrected chi connectivity index (χ4v) is 3.92. The lowest BCUT2D eigenvalue weighted by atomic mass is 10.0. The van der Waals surface area contributed by atoms with Crippen molar-refractivity contribution >= 4 is 39.4 Å². The third kappa shape index (κ3) is 4.85. The maximum atomic E-state index is 12.9. The molecule has 2 aliphatic rings. The summed E-state index contributed by atoms with van der Waals surface area (Å²) in [5.41, 5.74) is 0.928. The van der Waals surface area contributed by atoms with Crippen molar-refractivity contribution in [1.82, 2.24) is 10.2 Å². The van der Waals surface area contributed by atoms with Crippen LogP contribution >= 0.6 is 0 Å².